The summed E-state index contributed by atoms with van der Waals surface area (Å²) in [6.45, 7) is 0.152. The Morgan fingerprint density at radius 2 is 1.91 bits per heavy atom. The number of carbonyl (C=O) groups excluding carboxylic acids is 1. The Morgan fingerprint density at radius 1 is 1.12 bits per heavy atom. The van der Waals surface area contributed by atoms with Gasteiger partial charge in [-0.1, -0.05) is 17.7 Å². The smallest absolute Gasteiger partial charge is 0.254 e. The van der Waals surface area contributed by atoms with Crippen LogP contribution in [0.15, 0.2) is 55.0 Å². The highest BCUT2D eigenvalue weighted by atomic mass is 35.5. The lowest BCUT2D eigenvalue weighted by molar-refractivity contribution is 0.00826. The van der Waals surface area contributed by atoms with E-state index in [9.17, 15) is 18.7 Å². The van der Waals surface area contributed by atoms with E-state index in [2.05, 4.69) is 9.97 Å². The minimum Gasteiger partial charge on any atom is -0.390 e. The van der Waals surface area contributed by atoms with Crippen molar-refractivity contribution in [3.63, 3.8) is 0 Å². The summed E-state index contributed by atoms with van der Waals surface area (Å²) in [5.41, 5.74) is 2.53. The van der Waals surface area contributed by atoms with Crippen LogP contribution in [-0.2, 0) is 5.67 Å². The Labute approximate surface area is 201 Å². The number of benzene rings is 1. The van der Waals surface area contributed by atoms with Gasteiger partial charge in [0.1, 0.15) is 6.17 Å². The first-order valence-corrected chi connectivity index (χ1v) is 11.7. The molecule has 2 aromatic heterocycles. The fourth-order valence-corrected chi connectivity index (χ4v) is 4.77. The highest BCUT2D eigenvalue weighted by Crippen LogP contribution is 2.44. The molecule has 8 heteroatoms. The molecule has 1 aliphatic carbocycles. The van der Waals surface area contributed by atoms with Gasteiger partial charge in [0, 0.05) is 52.4 Å². The molecule has 1 aromatic carbocycles. The molecule has 1 saturated heterocycles. The standard InChI is InChI=1S/C26H24ClF2N3O2/c27-21-11-17(25(34)32-9-5-23(33)22(28)15-32)2-3-20(21)19-10-18(13-30-14-19)16-4-8-31-24(12-16)26(29)6-1-7-26/h2-4,8,10-14,22-23,33H,1,5-7,9,15H2/t22-,23-/m0/s1. The van der Waals surface area contributed by atoms with Gasteiger partial charge in [-0.05, 0) is 61.6 Å². The van der Waals surface area contributed by atoms with Crippen LogP contribution < -0.4 is 0 Å². The maximum atomic E-state index is 14.8. The zero-order valence-electron chi connectivity index (χ0n) is 18.4. The zero-order valence-corrected chi connectivity index (χ0v) is 19.2. The van der Waals surface area contributed by atoms with Gasteiger partial charge in [-0.2, -0.15) is 0 Å². The number of aliphatic hydroxyl groups excluding tert-OH is 1. The van der Waals surface area contributed by atoms with Crippen molar-refractivity contribution in [2.45, 2.75) is 43.6 Å². The second kappa shape index (κ2) is 9.04. The largest absolute Gasteiger partial charge is 0.390 e. The van der Waals surface area contributed by atoms with Crippen LogP contribution in [0.1, 0.15) is 41.7 Å². The zero-order chi connectivity index (χ0) is 23.9. The SMILES string of the molecule is O=C(c1ccc(-c2cncc(-c3ccnc(C4(F)CCC4)c3)c2)c(Cl)c1)N1CC[C@H](O)[C@@H](F)C1. The number of pyridine rings is 2. The number of aliphatic hydroxyl groups is 1. The summed E-state index contributed by atoms with van der Waals surface area (Å²) in [5, 5.41) is 9.93. The topological polar surface area (TPSA) is 66.3 Å². The van der Waals surface area contributed by atoms with Crippen molar-refractivity contribution < 1.29 is 18.7 Å². The number of carbonyl (C=O) groups is 1. The van der Waals surface area contributed by atoms with Gasteiger partial charge < -0.3 is 10.0 Å². The first-order valence-electron chi connectivity index (χ1n) is 11.4. The summed E-state index contributed by atoms with van der Waals surface area (Å²) in [7, 11) is 0. The van der Waals surface area contributed by atoms with Crippen molar-refractivity contribution in [3.05, 3.63) is 71.3 Å². The Bertz CT molecular complexity index is 1230. The van der Waals surface area contributed by atoms with Crippen LogP contribution in [0.3, 0.4) is 0 Å². The van der Waals surface area contributed by atoms with Gasteiger partial charge in [0.05, 0.1) is 18.3 Å². The van der Waals surface area contributed by atoms with Crippen LogP contribution in [-0.4, -0.2) is 51.2 Å². The minimum atomic E-state index is -1.45. The van der Waals surface area contributed by atoms with Crippen LogP contribution in [0.2, 0.25) is 5.02 Å². The molecule has 0 radical (unpaired) electrons. The van der Waals surface area contributed by atoms with Crippen molar-refractivity contribution in [3.8, 4) is 22.3 Å². The lowest BCUT2D eigenvalue weighted by Crippen LogP contribution is -2.47. The number of likely N-dealkylation sites (tertiary alicyclic amines) is 1. The Balaban J connectivity index is 1.39. The normalized spacial score (nSPS) is 21.7. The van der Waals surface area contributed by atoms with E-state index in [1.54, 1.807) is 42.9 Å². The fourth-order valence-electron chi connectivity index (χ4n) is 4.49. The summed E-state index contributed by atoms with van der Waals surface area (Å²) < 4.78 is 28.7. The number of alkyl halides is 2. The lowest BCUT2D eigenvalue weighted by atomic mass is 9.79. The maximum Gasteiger partial charge on any atom is 0.254 e. The van der Waals surface area contributed by atoms with Crippen LogP contribution >= 0.6 is 11.6 Å². The van der Waals surface area contributed by atoms with Crippen molar-refractivity contribution in [1.29, 1.82) is 0 Å². The van der Waals surface area contributed by atoms with E-state index in [-0.39, 0.29) is 18.9 Å². The number of hydrogen-bond donors (Lipinski definition) is 1. The molecule has 5 rings (SSSR count). The molecule has 1 N–H and O–H groups in total. The van der Waals surface area contributed by atoms with Gasteiger partial charge in [0.25, 0.3) is 5.91 Å². The van der Waals surface area contributed by atoms with Crippen molar-refractivity contribution in [2.75, 3.05) is 13.1 Å². The molecule has 2 aliphatic rings. The molecule has 1 amide bonds. The lowest BCUT2D eigenvalue weighted by Gasteiger charge is -2.33. The number of rotatable bonds is 4. The van der Waals surface area contributed by atoms with Crippen LogP contribution in [0.25, 0.3) is 22.3 Å². The number of nitrogens with zero attached hydrogens (tertiary/aromatic N) is 3. The first-order chi connectivity index (χ1) is 16.3. The molecule has 1 saturated carbocycles. The number of halogens is 3. The van der Waals surface area contributed by atoms with Crippen molar-refractivity contribution in [1.82, 2.24) is 14.9 Å². The molecule has 0 unspecified atom stereocenters. The number of amides is 1. The average Bonchev–Trinajstić information content (AvgIpc) is 2.84. The molecule has 0 spiro atoms. The van der Waals surface area contributed by atoms with Crippen LogP contribution in [0.5, 0.6) is 0 Å². The molecular weight excluding hydrogens is 460 g/mol. The Hall–Kier alpha value is -2.90. The van der Waals surface area contributed by atoms with Gasteiger partial charge in [-0.3, -0.25) is 14.8 Å². The predicted octanol–water partition coefficient (Wildman–Crippen LogP) is 5.36. The Morgan fingerprint density at radius 3 is 2.62 bits per heavy atom. The summed E-state index contributed by atoms with van der Waals surface area (Å²) in [4.78, 5) is 22.8. The van der Waals surface area contributed by atoms with E-state index in [1.165, 1.54) is 4.90 Å². The van der Waals surface area contributed by atoms with Gasteiger partial charge in [0.2, 0.25) is 0 Å². The average molecular weight is 484 g/mol. The molecule has 0 bridgehead atoms. The van der Waals surface area contributed by atoms with Crippen molar-refractivity contribution >= 4 is 17.5 Å². The molecule has 3 aromatic rings. The molecule has 5 nitrogen and oxygen atoms in total. The number of aromatic nitrogens is 2. The second-order valence-electron chi connectivity index (χ2n) is 9.03. The monoisotopic (exact) mass is 483 g/mol. The Kier molecular flexibility index (Phi) is 6.08. The summed E-state index contributed by atoms with van der Waals surface area (Å²) in [5.74, 6) is -0.324. The molecule has 2 atom stereocenters. The van der Waals surface area contributed by atoms with E-state index < -0.39 is 17.9 Å². The van der Waals surface area contributed by atoms with Gasteiger partial charge in [-0.15, -0.1) is 0 Å². The van der Waals surface area contributed by atoms with Crippen LogP contribution in [0, 0.1) is 0 Å². The maximum absolute atomic E-state index is 14.8. The van der Waals surface area contributed by atoms with Gasteiger partial charge >= 0.3 is 0 Å². The van der Waals surface area contributed by atoms with Gasteiger partial charge in [0.15, 0.2) is 5.67 Å². The quantitative estimate of drug-likeness (QED) is 0.542. The van der Waals surface area contributed by atoms with Gasteiger partial charge in [-0.25, -0.2) is 8.78 Å². The predicted molar refractivity (Wildman–Crippen MR) is 126 cm³/mol. The number of hydrogen-bond acceptors (Lipinski definition) is 4. The summed E-state index contributed by atoms with van der Waals surface area (Å²) >= 11 is 6.54. The minimum absolute atomic E-state index is 0.139. The third-order valence-corrected chi connectivity index (χ3v) is 7.07. The molecular formula is C26H24ClF2N3O2. The molecule has 1 aliphatic heterocycles. The highest BCUT2D eigenvalue weighted by Gasteiger charge is 2.40. The third-order valence-electron chi connectivity index (χ3n) is 6.76. The number of piperidine rings is 1. The van der Waals surface area contributed by atoms with E-state index in [0.29, 0.717) is 41.2 Å². The molecule has 34 heavy (non-hydrogen) atoms. The van der Waals surface area contributed by atoms with E-state index in [0.717, 1.165) is 23.1 Å². The van der Waals surface area contributed by atoms with Crippen LogP contribution in [0.4, 0.5) is 8.78 Å². The fraction of sp³-hybridized carbons (Fsp3) is 0.346. The molecule has 3 heterocycles. The van der Waals surface area contributed by atoms with E-state index in [4.69, 9.17) is 11.6 Å². The second-order valence-corrected chi connectivity index (χ2v) is 9.44. The molecule has 176 valence electrons. The first kappa shape index (κ1) is 22.9. The molecule has 2 fully saturated rings. The third kappa shape index (κ3) is 4.30. The van der Waals surface area contributed by atoms with E-state index in [1.807, 2.05) is 12.1 Å². The van der Waals surface area contributed by atoms with Crippen molar-refractivity contribution in [2.24, 2.45) is 0 Å². The highest BCUT2D eigenvalue weighted by molar-refractivity contribution is 6.33. The summed E-state index contributed by atoms with van der Waals surface area (Å²) in [6, 6.07) is 10.5. The van der Waals surface area contributed by atoms with E-state index >= 15 is 0 Å². The summed E-state index contributed by atoms with van der Waals surface area (Å²) in [6.07, 6.45) is 4.57.